The molecule has 11 nitrogen and oxygen atoms in total. The van der Waals surface area contributed by atoms with Crippen molar-refractivity contribution in [3.05, 3.63) is 33.1 Å². The zero-order chi connectivity index (χ0) is 16.7. The van der Waals surface area contributed by atoms with Crippen LogP contribution in [0.25, 0.3) is 0 Å². The SMILES string of the molecule is O=C1NCC(C(O)C(=O)O)(n2c(=O)ccn(F)c2=O)C(=O)N1. The number of rotatable bonds is 3. The Bertz CT molecular complexity index is 784. The smallest absolute Gasteiger partial charge is 0.360 e. The Labute approximate surface area is 119 Å². The first-order valence-electron chi connectivity index (χ1n) is 5.73. The third-order valence-electron chi connectivity index (χ3n) is 3.17. The number of nitrogens with one attached hydrogen (secondary N) is 2. The predicted molar refractivity (Wildman–Crippen MR) is 64.6 cm³/mol. The summed E-state index contributed by atoms with van der Waals surface area (Å²) in [4.78, 5) is 57.3. The number of carbonyl (C=O) groups excluding carboxylic acids is 2. The minimum absolute atomic E-state index is 0.0550. The molecular formula is C10H9FN4O7. The molecule has 0 spiro atoms. The van der Waals surface area contributed by atoms with Crippen molar-refractivity contribution in [1.29, 1.82) is 0 Å². The van der Waals surface area contributed by atoms with Gasteiger partial charge in [0.25, 0.3) is 11.5 Å². The van der Waals surface area contributed by atoms with Gasteiger partial charge in [-0.05, 0) is 0 Å². The number of aliphatic hydroxyl groups excluding tert-OH is 1. The number of imide groups is 1. The normalized spacial score (nSPS) is 22.6. The highest BCUT2D eigenvalue weighted by Crippen LogP contribution is 2.21. The first kappa shape index (κ1) is 15.4. The van der Waals surface area contributed by atoms with Gasteiger partial charge in [0.05, 0.1) is 6.54 Å². The summed E-state index contributed by atoms with van der Waals surface area (Å²) in [5, 5.41) is 22.4. The van der Waals surface area contributed by atoms with Crippen LogP contribution in [0.3, 0.4) is 0 Å². The van der Waals surface area contributed by atoms with Gasteiger partial charge in [-0.3, -0.25) is 14.9 Å². The molecule has 0 saturated carbocycles. The number of aliphatic hydroxyl groups is 1. The molecule has 3 amide bonds. The van der Waals surface area contributed by atoms with Gasteiger partial charge in [-0.2, -0.15) is 0 Å². The average Bonchev–Trinajstić information content (AvgIpc) is 2.45. The van der Waals surface area contributed by atoms with E-state index < -0.39 is 52.1 Å². The fraction of sp³-hybridized carbons (Fsp3) is 0.300. The number of aliphatic carboxylic acids is 1. The van der Waals surface area contributed by atoms with Crippen molar-refractivity contribution in [3.8, 4) is 0 Å². The van der Waals surface area contributed by atoms with Crippen molar-refractivity contribution in [1.82, 2.24) is 20.0 Å². The highest BCUT2D eigenvalue weighted by atomic mass is 19.2. The lowest BCUT2D eigenvalue weighted by molar-refractivity contribution is -0.160. The number of aromatic nitrogens is 2. The van der Waals surface area contributed by atoms with Crippen LogP contribution in [-0.4, -0.2) is 50.1 Å². The largest absolute Gasteiger partial charge is 0.479 e. The second kappa shape index (κ2) is 5.07. The Morgan fingerprint density at radius 1 is 1.36 bits per heavy atom. The van der Waals surface area contributed by atoms with E-state index in [-0.39, 0.29) is 4.57 Å². The van der Waals surface area contributed by atoms with Crippen molar-refractivity contribution in [2.75, 3.05) is 6.54 Å². The van der Waals surface area contributed by atoms with Crippen LogP contribution in [0.2, 0.25) is 0 Å². The number of carbonyl (C=O) groups is 3. The molecule has 2 rings (SSSR count). The first-order valence-corrected chi connectivity index (χ1v) is 5.73. The monoisotopic (exact) mass is 316 g/mol. The maximum atomic E-state index is 13.3. The van der Waals surface area contributed by atoms with Crippen molar-refractivity contribution < 1.29 is 29.1 Å². The zero-order valence-corrected chi connectivity index (χ0v) is 10.6. The van der Waals surface area contributed by atoms with E-state index in [2.05, 4.69) is 0 Å². The molecule has 1 saturated heterocycles. The van der Waals surface area contributed by atoms with Crippen LogP contribution in [-0.2, 0) is 15.1 Å². The number of halogens is 1. The van der Waals surface area contributed by atoms with Gasteiger partial charge in [-0.15, -0.1) is 4.79 Å². The van der Waals surface area contributed by atoms with Crippen LogP contribution in [0.1, 0.15) is 0 Å². The second-order valence-electron chi connectivity index (χ2n) is 4.38. The van der Waals surface area contributed by atoms with Gasteiger partial charge in [-0.25, -0.2) is 19.0 Å². The van der Waals surface area contributed by atoms with E-state index in [4.69, 9.17) is 5.11 Å². The van der Waals surface area contributed by atoms with Gasteiger partial charge < -0.3 is 15.5 Å². The number of urea groups is 1. The summed E-state index contributed by atoms with van der Waals surface area (Å²) >= 11 is 0. The summed E-state index contributed by atoms with van der Waals surface area (Å²) in [6.45, 7) is -0.899. The maximum Gasteiger partial charge on any atom is 0.360 e. The lowest BCUT2D eigenvalue weighted by atomic mass is 9.88. The second-order valence-corrected chi connectivity index (χ2v) is 4.38. The fourth-order valence-electron chi connectivity index (χ4n) is 2.10. The lowest BCUT2D eigenvalue weighted by Crippen LogP contribution is -2.73. The van der Waals surface area contributed by atoms with E-state index in [1.807, 2.05) is 5.32 Å². The molecule has 1 aliphatic heterocycles. The average molecular weight is 316 g/mol. The Balaban J connectivity index is 2.82. The molecule has 1 aliphatic rings. The van der Waals surface area contributed by atoms with E-state index >= 15 is 0 Å². The molecule has 22 heavy (non-hydrogen) atoms. The van der Waals surface area contributed by atoms with Crippen LogP contribution >= 0.6 is 0 Å². The number of nitrogens with zero attached hydrogens (tertiary/aromatic N) is 2. The highest BCUT2D eigenvalue weighted by Gasteiger charge is 2.55. The molecule has 0 bridgehead atoms. The minimum atomic E-state index is -2.73. The van der Waals surface area contributed by atoms with Gasteiger partial charge in [0.2, 0.25) is 0 Å². The van der Waals surface area contributed by atoms with Crippen molar-refractivity contribution >= 4 is 17.9 Å². The molecule has 0 aliphatic carbocycles. The van der Waals surface area contributed by atoms with Crippen molar-refractivity contribution in [2.45, 2.75) is 11.6 Å². The predicted octanol–water partition coefficient (Wildman–Crippen LogP) is -3.28. The van der Waals surface area contributed by atoms with Crippen LogP contribution < -0.4 is 21.9 Å². The molecule has 2 heterocycles. The molecule has 1 aromatic rings. The summed E-state index contributed by atoms with van der Waals surface area (Å²) in [7, 11) is 0. The summed E-state index contributed by atoms with van der Waals surface area (Å²) < 4.78 is 13.3. The van der Waals surface area contributed by atoms with Gasteiger partial charge in [-0.1, -0.05) is 4.48 Å². The molecule has 4 N–H and O–H groups in total. The van der Waals surface area contributed by atoms with E-state index in [1.165, 1.54) is 0 Å². The summed E-state index contributed by atoms with van der Waals surface area (Å²) in [6, 6.07) is -0.468. The topological polar surface area (TPSA) is 160 Å². The third kappa shape index (κ3) is 2.05. The van der Waals surface area contributed by atoms with E-state index in [0.717, 1.165) is 0 Å². The van der Waals surface area contributed by atoms with Gasteiger partial charge in [0, 0.05) is 12.3 Å². The lowest BCUT2D eigenvalue weighted by Gasteiger charge is -2.37. The molecule has 1 fully saturated rings. The quantitative estimate of drug-likeness (QED) is 0.455. The van der Waals surface area contributed by atoms with E-state index in [1.54, 1.807) is 5.32 Å². The minimum Gasteiger partial charge on any atom is -0.479 e. The van der Waals surface area contributed by atoms with Crippen molar-refractivity contribution in [2.24, 2.45) is 0 Å². The Morgan fingerprint density at radius 3 is 2.55 bits per heavy atom. The van der Waals surface area contributed by atoms with Gasteiger partial charge in [0.15, 0.2) is 11.6 Å². The molecule has 0 radical (unpaired) electrons. The zero-order valence-electron chi connectivity index (χ0n) is 10.6. The van der Waals surface area contributed by atoms with Crippen molar-refractivity contribution in [3.63, 3.8) is 0 Å². The van der Waals surface area contributed by atoms with Crippen LogP contribution in [0.4, 0.5) is 9.28 Å². The number of amides is 3. The Morgan fingerprint density at radius 2 is 2.00 bits per heavy atom. The summed E-state index contributed by atoms with van der Waals surface area (Å²) in [5.41, 5.74) is -5.65. The standard InChI is InChI=1S/C10H9FN4O7/c11-14-2-1-4(16)15(9(14)22)10(5(17)6(18)19)3-12-8(21)13-7(10)20/h1-2,5,17H,3H2,(H,18,19)(H2,12,13,20,21). The molecule has 2 unspecified atom stereocenters. The number of hydrogen-bond donors (Lipinski definition) is 4. The van der Waals surface area contributed by atoms with Crippen LogP contribution in [0.5, 0.6) is 0 Å². The number of hydrogen-bond acceptors (Lipinski definition) is 6. The van der Waals surface area contributed by atoms with E-state index in [0.29, 0.717) is 12.3 Å². The third-order valence-corrected chi connectivity index (χ3v) is 3.17. The molecule has 2 atom stereocenters. The number of carboxylic acids is 1. The van der Waals surface area contributed by atoms with E-state index in [9.17, 15) is 33.6 Å². The molecule has 118 valence electrons. The molecule has 0 aromatic carbocycles. The van der Waals surface area contributed by atoms with Gasteiger partial charge >= 0.3 is 17.7 Å². The van der Waals surface area contributed by atoms with Crippen LogP contribution in [0, 0.1) is 0 Å². The highest BCUT2D eigenvalue weighted by molar-refractivity contribution is 6.03. The molecule has 12 heteroatoms. The maximum absolute atomic E-state index is 13.3. The first-order chi connectivity index (χ1) is 10.2. The summed E-state index contributed by atoms with van der Waals surface area (Å²) in [5.74, 6) is -3.39. The number of carboxylic acid groups (broad SMARTS) is 1. The van der Waals surface area contributed by atoms with Crippen LogP contribution in [0.15, 0.2) is 21.9 Å². The molecular weight excluding hydrogens is 307 g/mol. The summed E-state index contributed by atoms with van der Waals surface area (Å²) in [6.07, 6.45) is -2.14. The fourth-order valence-corrected chi connectivity index (χ4v) is 2.10. The Kier molecular flexibility index (Phi) is 3.54. The van der Waals surface area contributed by atoms with Gasteiger partial charge in [0.1, 0.15) is 0 Å². The molecule has 1 aromatic heterocycles. The Hall–Kier alpha value is -3.02.